The van der Waals surface area contributed by atoms with Gasteiger partial charge in [0.2, 0.25) is 0 Å². The fourth-order valence-corrected chi connectivity index (χ4v) is 4.10. The topological polar surface area (TPSA) is 30.7 Å². The quantitative estimate of drug-likeness (QED) is 0.744. The smallest absolute Gasteiger partial charge is 0.152 e. The number of aromatic nitrogens is 3. The highest BCUT2D eigenvalue weighted by atomic mass is 79.9. The van der Waals surface area contributed by atoms with E-state index in [4.69, 9.17) is 0 Å². The molecular formula is C9H13Br2N3. The molecule has 78 valence electrons. The molecule has 1 saturated carbocycles. The summed E-state index contributed by atoms with van der Waals surface area (Å²) in [6, 6.07) is 0. The average molecular weight is 323 g/mol. The largest absolute Gasteiger partial charge is 0.251 e. The standard InChI is InChI=1S/C9H13Br2N3/c1-9(4-3-6(10)5-9)7-8(11)12-13-14(7)2/h6H,3-5H2,1-2H3. The molecule has 0 aliphatic heterocycles. The van der Waals surface area contributed by atoms with E-state index >= 15 is 0 Å². The van der Waals surface area contributed by atoms with E-state index in [1.165, 1.54) is 18.5 Å². The Labute approximate surface area is 101 Å². The first kappa shape index (κ1) is 10.6. The van der Waals surface area contributed by atoms with Crippen LogP contribution < -0.4 is 0 Å². The van der Waals surface area contributed by atoms with Gasteiger partial charge in [0, 0.05) is 17.3 Å². The van der Waals surface area contributed by atoms with Crippen LogP contribution in [0.25, 0.3) is 0 Å². The van der Waals surface area contributed by atoms with Crippen molar-refractivity contribution in [2.45, 2.75) is 36.4 Å². The molecule has 1 aromatic heterocycles. The minimum absolute atomic E-state index is 0.214. The van der Waals surface area contributed by atoms with Crippen molar-refractivity contribution < 1.29 is 0 Å². The molecule has 0 spiro atoms. The van der Waals surface area contributed by atoms with Crippen LogP contribution >= 0.6 is 31.9 Å². The van der Waals surface area contributed by atoms with Crippen molar-refractivity contribution in [3.63, 3.8) is 0 Å². The molecule has 0 radical (unpaired) electrons. The third-order valence-corrected chi connectivity index (χ3v) is 4.35. The maximum Gasteiger partial charge on any atom is 0.152 e. The zero-order valence-corrected chi connectivity index (χ0v) is 11.5. The molecule has 0 N–H and O–H groups in total. The zero-order chi connectivity index (χ0) is 10.3. The molecule has 3 nitrogen and oxygen atoms in total. The van der Waals surface area contributed by atoms with Gasteiger partial charge in [-0.1, -0.05) is 28.1 Å². The minimum Gasteiger partial charge on any atom is -0.251 e. The van der Waals surface area contributed by atoms with Crippen molar-refractivity contribution in [1.29, 1.82) is 0 Å². The summed E-state index contributed by atoms with van der Waals surface area (Å²) in [6.07, 6.45) is 3.59. The van der Waals surface area contributed by atoms with Crippen molar-refractivity contribution in [1.82, 2.24) is 15.0 Å². The Morgan fingerprint density at radius 1 is 1.57 bits per heavy atom. The highest BCUT2D eigenvalue weighted by molar-refractivity contribution is 9.10. The first-order valence-corrected chi connectivity index (χ1v) is 6.43. The Kier molecular flexibility index (Phi) is 2.72. The van der Waals surface area contributed by atoms with Gasteiger partial charge in [-0.25, -0.2) is 0 Å². The van der Waals surface area contributed by atoms with Gasteiger partial charge in [0.15, 0.2) is 4.60 Å². The lowest BCUT2D eigenvalue weighted by Crippen LogP contribution is -2.22. The second-order valence-corrected chi connectivity index (χ2v) is 6.30. The summed E-state index contributed by atoms with van der Waals surface area (Å²) in [6.45, 7) is 2.29. The lowest BCUT2D eigenvalue weighted by Gasteiger charge is -2.23. The molecule has 2 unspecified atom stereocenters. The van der Waals surface area contributed by atoms with Crippen LogP contribution in [-0.4, -0.2) is 19.8 Å². The second kappa shape index (κ2) is 3.59. The fraction of sp³-hybridized carbons (Fsp3) is 0.778. The Balaban J connectivity index is 2.39. The normalized spacial score (nSPS) is 32.4. The predicted octanol–water partition coefficient (Wildman–Crippen LogP) is 2.78. The maximum absolute atomic E-state index is 4.05. The molecule has 1 heterocycles. The van der Waals surface area contributed by atoms with E-state index in [0.29, 0.717) is 4.83 Å². The average Bonchev–Trinajstić information content (AvgIpc) is 2.58. The van der Waals surface area contributed by atoms with Crippen LogP contribution in [-0.2, 0) is 12.5 Å². The molecule has 14 heavy (non-hydrogen) atoms. The van der Waals surface area contributed by atoms with Gasteiger partial charge in [-0.3, -0.25) is 4.68 Å². The van der Waals surface area contributed by atoms with Crippen LogP contribution in [0.5, 0.6) is 0 Å². The molecule has 1 fully saturated rings. The highest BCUT2D eigenvalue weighted by Gasteiger charge is 2.39. The number of alkyl halides is 1. The Bertz CT molecular complexity index is 330. The number of halogens is 2. The van der Waals surface area contributed by atoms with Crippen LogP contribution in [0.2, 0.25) is 0 Å². The van der Waals surface area contributed by atoms with Gasteiger partial charge in [-0.2, -0.15) is 0 Å². The summed E-state index contributed by atoms with van der Waals surface area (Å²) in [5, 5.41) is 8.08. The van der Waals surface area contributed by atoms with Crippen LogP contribution in [0.1, 0.15) is 31.9 Å². The lowest BCUT2D eigenvalue weighted by atomic mass is 9.85. The molecule has 1 aliphatic carbocycles. The first-order chi connectivity index (χ1) is 6.53. The van der Waals surface area contributed by atoms with Crippen LogP contribution in [0, 0.1) is 0 Å². The van der Waals surface area contributed by atoms with E-state index in [2.05, 4.69) is 49.1 Å². The molecular weight excluding hydrogens is 310 g/mol. The van der Waals surface area contributed by atoms with E-state index in [1.54, 1.807) is 0 Å². The number of hydrogen-bond donors (Lipinski definition) is 0. The number of aryl methyl sites for hydroxylation is 1. The fourth-order valence-electron chi connectivity index (χ4n) is 2.35. The number of nitrogens with zero attached hydrogens (tertiary/aromatic N) is 3. The molecule has 0 bridgehead atoms. The zero-order valence-electron chi connectivity index (χ0n) is 8.30. The monoisotopic (exact) mass is 321 g/mol. The van der Waals surface area contributed by atoms with E-state index in [1.807, 2.05) is 11.7 Å². The summed E-state index contributed by atoms with van der Waals surface area (Å²) in [4.78, 5) is 0.634. The van der Waals surface area contributed by atoms with Gasteiger partial charge in [0.25, 0.3) is 0 Å². The third kappa shape index (κ3) is 1.65. The van der Waals surface area contributed by atoms with Gasteiger partial charge in [-0.15, -0.1) is 5.10 Å². The van der Waals surface area contributed by atoms with Gasteiger partial charge < -0.3 is 0 Å². The second-order valence-electron chi connectivity index (χ2n) is 4.25. The summed E-state index contributed by atoms with van der Waals surface area (Å²) in [5.41, 5.74) is 1.44. The molecule has 2 atom stereocenters. The summed E-state index contributed by atoms with van der Waals surface area (Å²) in [5.74, 6) is 0. The van der Waals surface area contributed by atoms with Crippen LogP contribution in [0.15, 0.2) is 4.60 Å². The minimum atomic E-state index is 0.214. The Morgan fingerprint density at radius 2 is 2.29 bits per heavy atom. The summed E-state index contributed by atoms with van der Waals surface area (Å²) in [7, 11) is 1.96. The van der Waals surface area contributed by atoms with E-state index < -0.39 is 0 Å². The van der Waals surface area contributed by atoms with Crippen LogP contribution in [0.3, 0.4) is 0 Å². The van der Waals surface area contributed by atoms with Gasteiger partial charge in [0.1, 0.15) is 0 Å². The number of rotatable bonds is 1. The Hall–Kier alpha value is 0.1000. The molecule has 1 aromatic rings. The van der Waals surface area contributed by atoms with Gasteiger partial charge in [-0.05, 0) is 35.2 Å². The van der Waals surface area contributed by atoms with Crippen molar-refractivity contribution in [3.05, 3.63) is 10.3 Å². The molecule has 0 aromatic carbocycles. The predicted molar refractivity (Wildman–Crippen MR) is 62.6 cm³/mol. The van der Waals surface area contributed by atoms with Crippen molar-refractivity contribution in [2.75, 3.05) is 0 Å². The van der Waals surface area contributed by atoms with Crippen molar-refractivity contribution >= 4 is 31.9 Å². The van der Waals surface area contributed by atoms with Gasteiger partial charge in [0.05, 0.1) is 5.69 Å². The first-order valence-electron chi connectivity index (χ1n) is 4.73. The Morgan fingerprint density at radius 3 is 2.71 bits per heavy atom. The van der Waals surface area contributed by atoms with Crippen molar-refractivity contribution in [3.8, 4) is 0 Å². The number of hydrogen-bond acceptors (Lipinski definition) is 2. The molecule has 1 aliphatic rings. The van der Waals surface area contributed by atoms with Crippen molar-refractivity contribution in [2.24, 2.45) is 7.05 Å². The van der Waals surface area contributed by atoms with Gasteiger partial charge >= 0.3 is 0 Å². The molecule has 0 amide bonds. The molecule has 0 saturated heterocycles. The molecule has 5 heteroatoms. The summed E-state index contributed by atoms with van der Waals surface area (Å²) < 4.78 is 2.78. The summed E-state index contributed by atoms with van der Waals surface area (Å²) >= 11 is 7.16. The van der Waals surface area contributed by atoms with E-state index in [0.717, 1.165) is 11.0 Å². The third-order valence-electron chi connectivity index (χ3n) is 3.04. The highest BCUT2D eigenvalue weighted by Crippen LogP contribution is 2.44. The van der Waals surface area contributed by atoms with Crippen LogP contribution in [0.4, 0.5) is 0 Å². The maximum atomic E-state index is 4.05. The lowest BCUT2D eigenvalue weighted by molar-refractivity contribution is 0.447. The van der Waals surface area contributed by atoms with E-state index in [9.17, 15) is 0 Å². The SMILES string of the molecule is Cn1nnc(Br)c1C1(C)CCC(Br)C1. The van der Waals surface area contributed by atoms with E-state index in [-0.39, 0.29) is 5.41 Å². The molecule has 2 rings (SSSR count).